The van der Waals surface area contributed by atoms with Crippen molar-refractivity contribution in [3.63, 3.8) is 0 Å². The molecule has 0 saturated heterocycles. The lowest BCUT2D eigenvalue weighted by atomic mass is 9.93. The van der Waals surface area contributed by atoms with E-state index in [9.17, 15) is 14.4 Å². The van der Waals surface area contributed by atoms with Gasteiger partial charge in [0.05, 0.1) is 30.4 Å². The van der Waals surface area contributed by atoms with Crippen LogP contribution in [-0.4, -0.2) is 45.3 Å². The van der Waals surface area contributed by atoms with E-state index in [2.05, 4.69) is 19.6 Å². The molecule has 33 heavy (non-hydrogen) atoms. The fourth-order valence-corrected chi connectivity index (χ4v) is 3.86. The van der Waals surface area contributed by atoms with E-state index in [1.54, 1.807) is 45.0 Å². The minimum atomic E-state index is -1.37. The van der Waals surface area contributed by atoms with Crippen LogP contribution in [0, 0.1) is 0 Å². The topological polar surface area (TPSA) is 78.9 Å². The number of carbonyl (C=O) groups is 3. The third kappa shape index (κ3) is 7.72. The van der Waals surface area contributed by atoms with E-state index in [4.69, 9.17) is 25.8 Å². The Morgan fingerprint density at radius 3 is 2.12 bits per heavy atom. The van der Waals surface area contributed by atoms with Gasteiger partial charge >= 0.3 is 17.9 Å². The maximum atomic E-state index is 13.1. The molecule has 2 aromatic rings. The highest BCUT2D eigenvalue weighted by molar-refractivity contribution is 6.76. The predicted molar refractivity (Wildman–Crippen MR) is 132 cm³/mol. The van der Waals surface area contributed by atoms with E-state index in [1.165, 1.54) is 19.2 Å². The minimum Gasteiger partial charge on any atom is -0.465 e. The Morgan fingerprint density at radius 1 is 0.879 bits per heavy atom. The van der Waals surface area contributed by atoms with Crippen LogP contribution in [0.4, 0.5) is 0 Å². The van der Waals surface area contributed by atoms with Gasteiger partial charge in [-0.1, -0.05) is 37.3 Å². The van der Waals surface area contributed by atoms with Crippen molar-refractivity contribution < 1.29 is 28.6 Å². The molecule has 8 heteroatoms. The summed E-state index contributed by atoms with van der Waals surface area (Å²) in [4.78, 5) is 38.1. The van der Waals surface area contributed by atoms with E-state index >= 15 is 0 Å². The summed E-state index contributed by atoms with van der Waals surface area (Å²) in [5.41, 5.74) is 0.604. The predicted octanol–water partition coefficient (Wildman–Crippen LogP) is 6.24. The molecule has 0 aromatic heterocycles. The van der Waals surface area contributed by atoms with Gasteiger partial charge in [0, 0.05) is 13.1 Å². The van der Waals surface area contributed by atoms with Crippen LogP contribution in [0.1, 0.15) is 51.8 Å². The Bertz CT molecular complexity index is 1050. The molecule has 0 saturated carbocycles. The lowest BCUT2D eigenvalue weighted by molar-refractivity contribution is 0.00701. The zero-order chi connectivity index (χ0) is 25.0. The second kappa shape index (κ2) is 10.5. The zero-order valence-corrected chi connectivity index (χ0v) is 22.0. The normalized spacial score (nSPS) is 11.6. The molecule has 0 amide bonds. The number of ether oxygens (including phenoxy) is 3. The minimum absolute atomic E-state index is 0.122. The number of hydrogen-bond acceptors (Lipinski definition) is 6. The van der Waals surface area contributed by atoms with Crippen LogP contribution in [0.25, 0.3) is 11.1 Å². The molecule has 0 radical (unpaired) electrons. The van der Waals surface area contributed by atoms with Crippen molar-refractivity contribution in [1.82, 2.24) is 0 Å². The summed E-state index contributed by atoms with van der Waals surface area (Å²) in [6.07, 6.45) is 0. The van der Waals surface area contributed by atoms with Gasteiger partial charge in [0.15, 0.2) is 0 Å². The first kappa shape index (κ1) is 26.6. The van der Waals surface area contributed by atoms with Gasteiger partial charge < -0.3 is 14.2 Å². The van der Waals surface area contributed by atoms with Crippen molar-refractivity contribution in [2.45, 2.75) is 52.1 Å². The van der Waals surface area contributed by atoms with Crippen molar-refractivity contribution in [3.05, 3.63) is 58.1 Å². The first-order chi connectivity index (χ1) is 15.2. The van der Waals surface area contributed by atoms with Crippen LogP contribution in [0.2, 0.25) is 30.7 Å². The second-order valence-corrected chi connectivity index (χ2v) is 15.9. The quantitative estimate of drug-likeness (QED) is 0.259. The maximum absolute atomic E-state index is 13.1. The van der Waals surface area contributed by atoms with Gasteiger partial charge in [0.1, 0.15) is 5.60 Å². The average molecular weight is 491 g/mol. The molecule has 0 N–H and O–H groups in total. The first-order valence-electron chi connectivity index (χ1n) is 10.6. The lowest BCUT2D eigenvalue weighted by Crippen LogP contribution is -2.25. The van der Waals surface area contributed by atoms with Gasteiger partial charge in [0.25, 0.3) is 0 Å². The van der Waals surface area contributed by atoms with E-state index in [0.717, 1.165) is 6.04 Å². The number of rotatable bonds is 7. The number of hydrogen-bond donors (Lipinski definition) is 0. The average Bonchev–Trinajstić information content (AvgIpc) is 2.70. The summed E-state index contributed by atoms with van der Waals surface area (Å²) < 4.78 is 15.9. The largest absolute Gasteiger partial charge is 0.465 e. The number of carbonyl (C=O) groups excluding carboxylic acids is 3. The van der Waals surface area contributed by atoms with E-state index in [1.807, 2.05) is 0 Å². The monoisotopic (exact) mass is 490 g/mol. The smallest absolute Gasteiger partial charge is 0.339 e. The molecule has 2 aromatic carbocycles. The molecule has 6 nitrogen and oxygen atoms in total. The van der Waals surface area contributed by atoms with Crippen LogP contribution >= 0.6 is 11.6 Å². The molecule has 2 rings (SSSR count). The van der Waals surface area contributed by atoms with Crippen LogP contribution in [0.3, 0.4) is 0 Å². The number of esters is 3. The number of halogens is 1. The fourth-order valence-electron chi connectivity index (χ4n) is 2.97. The van der Waals surface area contributed by atoms with Gasteiger partial charge in [-0.15, -0.1) is 0 Å². The standard InChI is InChI=1S/C25H31ClO6Si/c1-25(2,3)32-24(29)21-14-16(22(27)31-12-13-33(5,6)7)8-10-18(21)20-15-17(26)9-11-19(20)23(28)30-4/h8-11,14-15H,12-13H2,1-7H3. The molecule has 178 valence electrons. The van der Waals surface area contributed by atoms with Crippen molar-refractivity contribution >= 4 is 37.6 Å². The van der Waals surface area contributed by atoms with Crippen molar-refractivity contribution in [3.8, 4) is 11.1 Å². The highest BCUT2D eigenvalue weighted by Gasteiger charge is 2.25. The molecule has 0 atom stereocenters. The molecule has 0 aliphatic heterocycles. The first-order valence-corrected chi connectivity index (χ1v) is 14.7. The molecule has 0 heterocycles. The van der Waals surface area contributed by atoms with Crippen molar-refractivity contribution in [2.75, 3.05) is 13.7 Å². The highest BCUT2D eigenvalue weighted by atomic mass is 35.5. The van der Waals surface area contributed by atoms with Crippen molar-refractivity contribution in [2.24, 2.45) is 0 Å². The summed E-state index contributed by atoms with van der Waals surface area (Å²) in [7, 11) is -0.0946. The lowest BCUT2D eigenvalue weighted by Gasteiger charge is -2.21. The third-order valence-corrected chi connectivity index (χ3v) is 6.58. The van der Waals surface area contributed by atoms with Crippen LogP contribution in [-0.2, 0) is 14.2 Å². The number of benzene rings is 2. The molecule has 0 aliphatic carbocycles. The Kier molecular flexibility index (Phi) is 8.49. The Balaban J connectivity index is 2.56. The maximum Gasteiger partial charge on any atom is 0.339 e. The van der Waals surface area contributed by atoms with Gasteiger partial charge in [-0.3, -0.25) is 0 Å². The molecule has 0 bridgehead atoms. The SMILES string of the molecule is COC(=O)c1ccc(Cl)cc1-c1ccc(C(=O)OCC[Si](C)(C)C)cc1C(=O)OC(C)(C)C. The Hall–Kier alpha value is -2.64. The Morgan fingerprint density at radius 2 is 1.55 bits per heavy atom. The highest BCUT2D eigenvalue weighted by Crippen LogP contribution is 2.32. The molecular weight excluding hydrogens is 460 g/mol. The Labute approximate surface area is 201 Å². The van der Waals surface area contributed by atoms with E-state index in [0.29, 0.717) is 22.8 Å². The van der Waals surface area contributed by atoms with Gasteiger partial charge in [-0.05, 0) is 68.3 Å². The molecular formula is C25H31ClO6Si. The van der Waals surface area contributed by atoms with Crippen LogP contribution in [0.15, 0.2) is 36.4 Å². The summed E-state index contributed by atoms with van der Waals surface area (Å²) in [6.45, 7) is 12.1. The second-order valence-electron chi connectivity index (χ2n) is 9.89. The molecule has 0 aliphatic rings. The van der Waals surface area contributed by atoms with Crippen LogP contribution < -0.4 is 0 Å². The molecule has 0 spiro atoms. The number of methoxy groups -OCH3 is 1. The van der Waals surface area contributed by atoms with E-state index < -0.39 is 31.6 Å². The summed E-state index contributed by atoms with van der Waals surface area (Å²) in [5, 5.41) is 0.377. The molecule has 0 unspecified atom stereocenters. The fraction of sp³-hybridized carbons (Fsp3) is 0.400. The summed E-state index contributed by atoms with van der Waals surface area (Å²) in [6, 6.07) is 10.1. The third-order valence-electron chi connectivity index (χ3n) is 4.64. The van der Waals surface area contributed by atoms with Gasteiger partial charge in [0.2, 0.25) is 0 Å². The molecule has 0 fully saturated rings. The summed E-state index contributed by atoms with van der Waals surface area (Å²) >= 11 is 6.19. The zero-order valence-electron chi connectivity index (χ0n) is 20.2. The summed E-state index contributed by atoms with van der Waals surface area (Å²) in [5.74, 6) is -1.74. The van der Waals surface area contributed by atoms with E-state index in [-0.39, 0.29) is 16.7 Å². The van der Waals surface area contributed by atoms with Crippen molar-refractivity contribution in [1.29, 1.82) is 0 Å². The van der Waals surface area contributed by atoms with Crippen LogP contribution in [0.5, 0.6) is 0 Å². The van der Waals surface area contributed by atoms with Gasteiger partial charge in [-0.2, -0.15) is 0 Å². The van der Waals surface area contributed by atoms with Gasteiger partial charge in [-0.25, -0.2) is 14.4 Å².